The van der Waals surface area contributed by atoms with Gasteiger partial charge in [0.25, 0.3) is 6.43 Å². The number of halogens is 4. The number of fused-ring (bicyclic) bond motifs is 2. The number of nitrogens with one attached hydrogen (secondary N) is 2. The number of H-pyrrole nitrogens is 1. The molecule has 0 aliphatic heterocycles. The lowest BCUT2D eigenvalue weighted by Gasteiger charge is -2.20. The highest BCUT2D eigenvalue weighted by atomic mass is 19.3. The van der Waals surface area contributed by atoms with Crippen LogP contribution in [0.1, 0.15) is 18.4 Å². The summed E-state index contributed by atoms with van der Waals surface area (Å²) in [4.78, 5) is 21.7. The lowest BCUT2D eigenvalue weighted by Crippen LogP contribution is -2.15. The molecule has 12 heteroatoms. The Morgan fingerprint density at radius 3 is 2.72 bits per heavy atom. The number of aromatic amines is 1. The van der Waals surface area contributed by atoms with Crippen LogP contribution in [-0.2, 0) is 4.79 Å². The molecule has 32 heavy (non-hydrogen) atoms. The fourth-order valence-corrected chi connectivity index (χ4v) is 3.79. The molecule has 2 atom stereocenters. The molecule has 0 spiro atoms. The van der Waals surface area contributed by atoms with E-state index in [0.717, 1.165) is 0 Å². The van der Waals surface area contributed by atoms with Gasteiger partial charge in [-0.05, 0) is 6.42 Å². The van der Waals surface area contributed by atoms with Crippen molar-refractivity contribution in [2.24, 2.45) is 5.92 Å². The van der Waals surface area contributed by atoms with Crippen molar-refractivity contribution in [3.63, 3.8) is 0 Å². The predicted molar refractivity (Wildman–Crippen MR) is 109 cm³/mol. The van der Waals surface area contributed by atoms with Gasteiger partial charge in [-0.15, -0.1) is 0 Å². The summed E-state index contributed by atoms with van der Waals surface area (Å²) < 4.78 is 57.8. The molecule has 1 aromatic carbocycles. The first-order valence-corrected chi connectivity index (χ1v) is 9.70. The van der Waals surface area contributed by atoms with Gasteiger partial charge in [0.15, 0.2) is 17.3 Å². The minimum Gasteiger partial charge on any atom is -0.374 e. The third-order valence-electron chi connectivity index (χ3n) is 5.42. The molecular formula is C20H17F4N7O. The number of carbonyl (C=O) groups excluding carboxylic acids is 1. The molecule has 0 bridgehead atoms. The zero-order valence-electron chi connectivity index (χ0n) is 16.9. The number of aromatic nitrogens is 5. The van der Waals surface area contributed by atoms with Gasteiger partial charge >= 0.3 is 0 Å². The van der Waals surface area contributed by atoms with Crippen LogP contribution in [0.2, 0.25) is 0 Å². The summed E-state index contributed by atoms with van der Waals surface area (Å²) in [6, 6.07) is 0. The van der Waals surface area contributed by atoms with Crippen molar-refractivity contribution >= 4 is 34.0 Å². The van der Waals surface area contributed by atoms with E-state index in [1.54, 1.807) is 14.1 Å². The molecule has 5 rings (SSSR count). The van der Waals surface area contributed by atoms with E-state index in [1.165, 1.54) is 34.1 Å². The quantitative estimate of drug-likeness (QED) is 0.455. The Kier molecular flexibility index (Phi) is 4.53. The first-order chi connectivity index (χ1) is 15.3. The second-order valence-corrected chi connectivity index (χ2v) is 7.82. The van der Waals surface area contributed by atoms with Crippen molar-refractivity contribution in [2.75, 3.05) is 24.3 Å². The van der Waals surface area contributed by atoms with Gasteiger partial charge in [0, 0.05) is 31.2 Å². The van der Waals surface area contributed by atoms with E-state index >= 15 is 4.39 Å². The number of nitrogens with zero attached hydrogens (tertiary/aromatic N) is 5. The molecule has 2 unspecified atom stereocenters. The highest BCUT2D eigenvalue weighted by Gasteiger charge is 2.43. The molecule has 8 nitrogen and oxygen atoms in total. The highest BCUT2D eigenvalue weighted by Crippen LogP contribution is 2.43. The molecule has 1 fully saturated rings. The molecule has 4 aromatic rings. The van der Waals surface area contributed by atoms with Gasteiger partial charge in [0.1, 0.15) is 6.17 Å². The predicted octanol–water partition coefficient (Wildman–Crippen LogP) is 3.71. The summed E-state index contributed by atoms with van der Waals surface area (Å²) >= 11 is 0. The Morgan fingerprint density at radius 2 is 2.06 bits per heavy atom. The van der Waals surface area contributed by atoms with Crippen LogP contribution in [0.25, 0.3) is 27.8 Å². The van der Waals surface area contributed by atoms with Gasteiger partial charge in [-0.25, -0.2) is 22.5 Å². The van der Waals surface area contributed by atoms with Crippen molar-refractivity contribution in [1.29, 1.82) is 0 Å². The van der Waals surface area contributed by atoms with Crippen LogP contribution in [0.3, 0.4) is 0 Å². The van der Waals surface area contributed by atoms with E-state index < -0.39 is 35.8 Å². The smallest absolute Gasteiger partial charge is 0.267 e. The van der Waals surface area contributed by atoms with Crippen molar-refractivity contribution in [3.8, 4) is 11.3 Å². The summed E-state index contributed by atoms with van der Waals surface area (Å²) in [5.74, 6) is -2.06. The van der Waals surface area contributed by atoms with E-state index in [-0.39, 0.29) is 40.1 Å². The topological polar surface area (TPSA) is 91.2 Å². The molecular weight excluding hydrogens is 430 g/mol. The number of hydrogen-bond donors (Lipinski definition) is 2. The average molecular weight is 447 g/mol. The van der Waals surface area contributed by atoms with Crippen LogP contribution in [0.15, 0.2) is 24.8 Å². The zero-order chi connectivity index (χ0) is 22.7. The molecule has 0 saturated heterocycles. The standard InChI is InChI=1S/C20H17F4N7O/c1-30(2)18-16(22)15(19(23)24)14(9-4-26-29-17(9)18)11-6-31-7-12(27-13(31)5-25-11)28-20(32)8-3-10(8)21/h4-8,10,19H,3H2,1-2H3,(H,26,29)(H,28,32). The van der Waals surface area contributed by atoms with Crippen LogP contribution in [0.5, 0.6) is 0 Å². The lowest BCUT2D eigenvalue weighted by molar-refractivity contribution is -0.117. The zero-order valence-corrected chi connectivity index (χ0v) is 16.9. The van der Waals surface area contributed by atoms with Crippen molar-refractivity contribution in [2.45, 2.75) is 19.0 Å². The van der Waals surface area contributed by atoms with E-state index in [2.05, 4.69) is 25.5 Å². The molecule has 1 saturated carbocycles. The van der Waals surface area contributed by atoms with Crippen LogP contribution < -0.4 is 10.2 Å². The SMILES string of the molecule is CN(C)c1c(F)c(C(F)F)c(-c2cn3cc(NC(=O)C4CC4F)nc3cn2)c2cn[nH]c12. The maximum absolute atomic E-state index is 15.2. The molecule has 2 N–H and O–H groups in total. The monoisotopic (exact) mass is 447 g/mol. The van der Waals surface area contributed by atoms with Crippen molar-refractivity contribution in [1.82, 2.24) is 24.6 Å². The van der Waals surface area contributed by atoms with E-state index in [9.17, 15) is 18.0 Å². The molecule has 1 aliphatic carbocycles. The Bertz CT molecular complexity index is 1360. The fraction of sp³-hybridized carbons (Fsp3) is 0.300. The number of carbonyl (C=O) groups is 1. The average Bonchev–Trinajstić information content (AvgIpc) is 3.10. The number of hydrogen-bond acceptors (Lipinski definition) is 5. The van der Waals surface area contributed by atoms with Gasteiger partial charge < -0.3 is 14.6 Å². The molecule has 0 radical (unpaired) electrons. The number of imidazole rings is 1. The summed E-state index contributed by atoms with van der Waals surface area (Å²) in [6.07, 6.45) is 1.45. The largest absolute Gasteiger partial charge is 0.374 e. The van der Waals surface area contributed by atoms with Crippen molar-refractivity contribution < 1.29 is 22.4 Å². The second-order valence-electron chi connectivity index (χ2n) is 7.82. The maximum Gasteiger partial charge on any atom is 0.267 e. The fourth-order valence-electron chi connectivity index (χ4n) is 3.79. The first-order valence-electron chi connectivity index (χ1n) is 9.70. The van der Waals surface area contributed by atoms with Gasteiger partial charge in [-0.2, -0.15) is 5.10 Å². The summed E-state index contributed by atoms with van der Waals surface area (Å²) in [6.45, 7) is 0. The third-order valence-corrected chi connectivity index (χ3v) is 5.42. The van der Waals surface area contributed by atoms with E-state index in [0.29, 0.717) is 5.65 Å². The number of rotatable bonds is 5. The lowest BCUT2D eigenvalue weighted by atomic mass is 9.98. The minimum atomic E-state index is -3.11. The van der Waals surface area contributed by atoms with Crippen molar-refractivity contribution in [3.05, 3.63) is 36.2 Å². The van der Waals surface area contributed by atoms with Crippen LogP contribution >= 0.6 is 0 Å². The molecule has 3 heterocycles. The minimum absolute atomic E-state index is 0.0310. The van der Waals surface area contributed by atoms with Crippen LogP contribution in [0.4, 0.5) is 29.1 Å². The summed E-state index contributed by atoms with van der Waals surface area (Å²) in [7, 11) is 3.10. The third kappa shape index (κ3) is 3.13. The molecule has 1 amide bonds. The van der Waals surface area contributed by atoms with Crippen LogP contribution in [0, 0.1) is 11.7 Å². The van der Waals surface area contributed by atoms with E-state index in [1.807, 2.05) is 0 Å². The summed E-state index contributed by atoms with van der Waals surface area (Å²) in [5, 5.41) is 9.39. The molecule has 166 valence electrons. The molecule has 3 aromatic heterocycles. The second kappa shape index (κ2) is 7.18. The Balaban J connectivity index is 1.64. The number of benzene rings is 1. The Labute approximate surface area is 178 Å². The van der Waals surface area contributed by atoms with Gasteiger partial charge in [0.05, 0.1) is 47.0 Å². The Morgan fingerprint density at radius 1 is 1.31 bits per heavy atom. The maximum atomic E-state index is 15.2. The van der Waals surface area contributed by atoms with Gasteiger partial charge in [-0.3, -0.25) is 14.9 Å². The highest BCUT2D eigenvalue weighted by molar-refractivity contribution is 6.02. The number of anilines is 2. The van der Waals surface area contributed by atoms with E-state index in [4.69, 9.17) is 0 Å². The van der Waals surface area contributed by atoms with Gasteiger partial charge in [-0.1, -0.05) is 0 Å². The Hall–Kier alpha value is -3.70. The molecule has 1 aliphatic rings. The number of alkyl halides is 3. The van der Waals surface area contributed by atoms with Gasteiger partial charge in [0.2, 0.25) is 5.91 Å². The normalized spacial score (nSPS) is 18.0. The number of amides is 1. The first kappa shape index (κ1) is 20.2. The van der Waals surface area contributed by atoms with Crippen LogP contribution in [-0.4, -0.2) is 50.7 Å². The summed E-state index contributed by atoms with van der Waals surface area (Å²) in [5.41, 5.74) is -0.250.